The molecular weight excluding hydrogens is 294 g/mol. The zero-order chi connectivity index (χ0) is 12.8. The number of carbonyl (C=O) groups excluding carboxylic acids is 1. The number of nitrogens with one attached hydrogen (secondary N) is 1. The number of aliphatic hydroxyl groups is 1. The van der Waals surface area contributed by atoms with Crippen molar-refractivity contribution in [2.45, 2.75) is 6.54 Å². The first-order valence-electron chi connectivity index (χ1n) is 4.77. The van der Waals surface area contributed by atoms with Gasteiger partial charge in [0.05, 0.1) is 32.1 Å². The smallest absolute Gasteiger partial charge is 0.325 e. The maximum atomic E-state index is 11.7. The molecule has 0 amide bonds. The SMILES string of the molecule is COC(=O)CNc1cnn(CCO)c(=O)c1Br. The summed E-state index contributed by atoms with van der Waals surface area (Å²) in [6.45, 7) is -0.108. The van der Waals surface area contributed by atoms with Crippen LogP contribution in [0, 0.1) is 0 Å². The summed E-state index contributed by atoms with van der Waals surface area (Å²) in [6.07, 6.45) is 1.39. The quantitative estimate of drug-likeness (QED) is 0.718. The lowest BCUT2D eigenvalue weighted by Crippen LogP contribution is -2.26. The minimum atomic E-state index is -0.448. The molecule has 0 unspecified atom stereocenters. The number of aliphatic hydroxyl groups excluding tert-OH is 1. The first-order chi connectivity index (χ1) is 8.10. The van der Waals surface area contributed by atoms with E-state index in [-0.39, 0.29) is 29.7 Å². The molecule has 0 radical (unpaired) electrons. The molecule has 1 aromatic heterocycles. The average molecular weight is 306 g/mol. The lowest BCUT2D eigenvalue weighted by molar-refractivity contribution is -0.138. The van der Waals surface area contributed by atoms with Crippen LogP contribution < -0.4 is 10.9 Å². The highest BCUT2D eigenvalue weighted by molar-refractivity contribution is 9.10. The van der Waals surface area contributed by atoms with Crippen molar-refractivity contribution >= 4 is 27.6 Å². The Morgan fingerprint density at radius 1 is 1.71 bits per heavy atom. The highest BCUT2D eigenvalue weighted by atomic mass is 79.9. The van der Waals surface area contributed by atoms with E-state index < -0.39 is 5.97 Å². The van der Waals surface area contributed by atoms with Crippen molar-refractivity contribution in [1.29, 1.82) is 0 Å². The molecule has 0 aromatic carbocycles. The molecule has 0 atom stereocenters. The number of aromatic nitrogens is 2. The Bertz CT molecular complexity index is 460. The van der Waals surface area contributed by atoms with Gasteiger partial charge in [0.1, 0.15) is 11.0 Å². The molecule has 1 heterocycles. The van der Waals surface area contributed by atoms with Crippen LogP contribution in [0.4, 0.5) is 5.69 Å². The Labute approximate surface area is 106 Å². The van der Waals surface area contributed by atoms with Crippen LogP contribution >= 0.6 is 15.9 Å². The maximum Gasteiger partial charge on any atom is 0.325 e. The summed E-state index contributed by atoms with van der Waals surface area (Å²) in [4.78, 5) is 22.6. The Kier molecular flexibility index (Phi) is 5.11. The Morgan fingerprint density at radius 3 is 3.00 bits per heavy atom. The minimum absolute atomic E-state index is 0.0553. The van der Waals surface area contributed by atoms with Crippen molar-refractivity contribution in [2.75, 3.05) is 25.6 Å². The second kappa shape index (κ2) is 6.36. The molecule has 0 bridgehead atoms. The number of nitrogens with zero attached hydrogens (tertiary/aromatic N) is 2. The number of esters is 1. The van der Waals surface area contributed by atoms with Crippen molar-refractivity contribution in [1.82, 2.24) is 9.78 Å². The standard InChI is InChI=1S/C9H12BrN3O4/c1-17-7(15)5-11-6-4-12-13(2-3-14)9(16)8(6)10/h4,11,14H,2-3,5H2,1H3. The van der Waals surface area contributed by atoms with E-state index in [0.29, 0.717) is 5.69 Å². The normalized spacial score (nSPS) is 10.1. The maximum absolute atomic E-state index is 11.7. The van der Waals surface area contributed by atoms with Gasteiger partial charge in [-0.05, 0) is 15.9 Å². The zero-order valence-electron chi connectivity index (χ0n) is 9.14. The summed E-state index contributed by atoms with van der Waals surface area (Å²) in [6, 6.07) is 0. The molecule has 1 aromatic rings. The molecule has 0 saturated carbocycles. The van der Waals surface area contributed by atoms with Crippen molar-refractivity contribution in [3.63, 3.8) is 0 Å². The number of ether oxygens (including phenoxy) is 1. The average Bonchev–Trinajstić information content (AvgIpc) is 2.34. The molecule has 0 aliphatic rings. The fraction of sp³-hybridized carbons (Fsp3) is 0.444. The van der Waals surface area contributed by atoms with E-state index in [2.05, 4.69) is 31.1 Å². The van der Waals surface area contributed by atoms with Crippen LogP contribution in [0.15, 0.2) is 15.5 Å². The van der Waals surface area contributed by atoms with E-state index >= 15 is 0 Å². The van der Waals surface area contributed by atoms with Gasteiger partial charge < -0.3 is 15.2 Å². The van der Waals surface area contributed by atoms with Crippen molar-refractivity contribution in [3.8, 4) is 0 Å². The monoisotopic (exact) mass is 305 g/mol. The van der Waals surface area contributed by atoms with E-state index in [0.717, 1.165) is 4.68 Å². The third-order valence-electron chi connectivity index (χ3n) is 1.95. The van der Waals surface area contributed by atoms with Gasteiger partial charge in [0, 0.05) is 0 Å². The lowest BCUT2D eigenvalue weighted by Gasteiger charge is -2.08. The van der Waals surface area contributed by atoms with Gasteiger partial charge in [0.15, 0.2) is 0 Å². The summed E-state index contributed by atoms with van der Waals surface area (Å²) < 4.78 is 5.82. The number of methoxy groups -OCH3 is 1. The number of carbonyl (C=O) groups is 1. The van der Waals surface area contributed by atoms with Crippen molar-refractivity contribution < 1.29 is 14.6 Å². The van der Waals surface area contributed by atoms with Crippen LogP contribution in [-0.2, 0) is 16.1 Å². The number of halogens is 1. The Morgan fingerprint density at radius 2 is 2.41 bits per heavy atom. The van der Waals surface area contributed by atoms with Gasteiger partial charge in [-0.15, -0.1) is 0 Å². The third-order valence-corrected chi connectivity index (χ3v) is 2.71. The van der Waals surface area contributed by atoms with Gasteiger partial charge in [-0.25, -0.2) is 4.68 Å². The predicted octanol–water partition coefficient (Wildman–Crippen LogP) is -0.417. The number of hydrogen-bond donors (Lipinski definition) is 2. The van der Waals surface area contributed by atoms with Crippen LogP contribution in [0.25, 0.3) is 0 Å². The zero-order valence-corrected chi connectivity index (χ0v) is 10.7. The number of rotatable bonds is 5. The molecule has 0 spiro atoms. The van der Waals surface area contributed by atoms with E-state index in [1.54, 1.807) is 0 Å². The second-order valence-electron chi connectivity index (χ2n) is 3.05. The van der Waals surface area contributed by atoms with E-state index in [9.17, 15) is 9.59 Å². The summed E-state index contributed by atoms with van der Waals surface area (Å²) in [5.41, 5.74) is 0.0171. The Hall–Kier alpha value is -1.41. The summed E-state index contributed by atoms with van der Waals surface area (Å²) in [7, 11) is 1.27. The largest absolute Gasteiger partial charge is 0.468 e. The van der Waals surface area contributed by atoms with Crippen LogP contribution in [0.3, 0.4) is 0 Å². The molecule has 0 aliphatic carbocycles. The summed E-state index contributed by atoms with van der Waals surface area (Å²) in [5, 5.41) is 15.3. The summed E-state index contributed by atoms with van der Waals surface area (Å²) >= 11 is 3.10. The van der Waals surface area contributed by atoms with Gasteiger partial charge in [-0.3, -0.25) is 9.59 Å². The highest BCUT2D eigenvalue weighted by Crippen LogP contribution is 2.15. The van der Waals surface area contributed by atoms with Gasteiger partial charge >= 0.3 is 5.97 Å². The van der Waals surface area contributed by atoms with Crippen LogP contribution in [-0.4, -0.2) is 41.1 Å². The number of hydrogen-bond acceptors (Lipinski definition) is 6. The fourth-order valence-electron chi connectivity index (χ4n) is 1.08. The molecule has 0 aliphatic heterocycles. The highest BCUT2D eigenvalue weighted by Gasteiger charge is 2.09. The second-order valence-corrected chi connectivity index (χ2v) is 3.85. The van der Waals surface area contributed by atoms with E-state index in [1.165, 1.54) is 13.3 Å². The van der Waals surface area contributed by atoms with Gasteiger partial charge in [0.2, 0.25) is 0 Å². The Balaban J connectivity index is 2.85. The van der Waals surface area contributed by atoms with E-state index in [1.807, 2.05) is 0 Å². The van der Waals surface area contributed by atoms with Crippen LogP contribution in [0.2, 0.25) is 0 Å². The molecule has 94 valence electrons. The van der Waals surface area contributed by atoms with Crippen LogP contribution in [0.5, 0.6) is 0 Å². The molecular formula is C9H12BrN3O4. The molecule has 17 heavy (non-hydrogen) atoms. The first-order valence-corrected chi connectivity index (χ1v) is 5.56. The molecule has 0 saturated heterocycles. The predicted molar refractivity (Wildman–Crippen MR) is 63.8 cm³/mol. The molecule has 1 rings (SSSR count). The molecule has 0 fully saturated rings. The fourth-order valence-corrected chi connectivity index (χ4v) is 1.53. The van der Waals surface area contributed by atoms with Gasteiger partial charge in [-0.1, -0.05) is 0 Å². The van der Waals surface area contributed by atoms with E-state index in [4.69, 9.17) is 5.11 Å². The first kappa shape index (κ1) is 13.7. The molecule has 7 nitrogen and oxygen atoms in total. The topological polar surface area (TPSA) is 93.4 Å². The lowest BCUT2D eigenvalue weighted by atomic mass is 10.4. The molecule has 2 N–H and O–H groups in total. The van der Waals surface area contributed by atoms with Crippen LogP contribution in [0.1, 0.15) is 0 Å². The molecule has 8 heteroatoms. The number of anilines is 1. The van der Waals surface area contributed by atoms with Crippen molar-refractivity contribution in [3.05, 3.63) is 21.0 Å². The van der Waals surface area contributed by atoms with Gasteiger partial charge in [-0.2, -0.15) is 5.10 Å². The summed E-state index contributed by atoms with van der Waals surface area (Å²) in [5.74, 6) is -0.448. The third kappa shape index (κ3) is 3.53. The van der Waals surface area contributed by atoms with Crippen molar-refractivity contribution in [2.24, 2.45) is 0 Å². The van der Waals surface area contributed by atoms with Gasteiger partial charge in [0.25, 0.3) is 5.56 Å². The minimum Gasteiger partial charge on any atom is -0.468 e.